The number of carbonyl (C=O) groups is 2. The van der Waals surface area contributed by atoms with Gasteiger partial charge in [0.2, 0.25) is 5.91 Å². The minimum Gasteiger partial charge on any atom is -0.493 e. The standard InChI is InChI=1S/C24H28FNO4/c1-17(27)19-10-11-22(23(16-19)29-2)30-13-5-9-24(28)26-12-4-8-21(26)15-18-6-3-7-20(25)14-18/h3,6-7,10-11,14,16,21H,4-5,8-9,12-13,15H2,1-2H3. The minimum absolute atomic E-state index is 0.0381. The van der Waals surface area contributed by atoms with Gasteiger partial charge in [-0.2, -0.15) is 0 Å². The molecule has 1 aliphatic rings. The van der Waals surface area contributed by atoms with Crippen LogP contribution >= 0.6 is 0 Å². The number of Topliss-reactive ketones (excluding diaryl/α,β-unsaturated/α-hetero) is 1. The molecule has 1 heterocycles. The molecule has 6 heteroatoms. The molecule has 1 fully saturated rings. The van der Waals surface area contributed by atoms with E-state index >= 15 is 0 Å². The molecule has 160 valence electrons. The Morgan fingerprint density at radius 1 is 1.17 bits per heavy atom. The molecular formula is C24H28FNO4. The van der Waals surface area contributed by atoms with Gasteiger partial charge in [-0.25, -0.2) is 4.39 Å². The molecule has 0 aliphatic carbocycles. The summed E-state index contributed by atoms with van der Waals surface area (Å²) in [5.41, 5.74) is 1.48. The maximum atomic E-state index is 13.4. The van der Waals surface area contributed by atoms with Crippen molar-refractivity contribution in [2.45, 2.75) is 45.1 Å². The maximum absolute atomic E-state index is 13.4. The van der Waals surface area contributed by atoms with Crippen LogP contribution in [0.5, 0.6) is 11.5 Å². The van der Waals surface area contributed by atoms with E-state index in [4.69, 9.17) is 9.47 Å². The Morgan fingerprint density at radius 3 is 2.73 bits per heavy atom. The highest BCUT2D eigenvalue weighted by atomic mass is 19.1. The lowest BCUT2D eigenvalue weighted by Crippen LogP contribution is -2.36. The van der Waals surface area contributed by atoms with E-state index in [1.54, 1.807) is 30.3 Å². The number of ketones is 1. The minimum atomic E-state index is -0.243. The topological polar surface area (TPSA) is 55.8 Å². The van der Waals surface area contributed by atoms with Crippen molar-refractivity contribution in [3.8, 4) is 11.5 Å². The van der Waals surface area contributed by atoms with Crippen molar-refractivity contribution in [2.75, 3.05) is 20.3 Å². The van der Waals surface area contributed by atoms with Crippen LogP contribution in [0.4, 0.5) is 4.39 Å². The second-order valence-electron chi connectivity index (χ2n) is 7.59. The van der Waals surface area contributed by atoms with E-state index in [1.807, 2.05) is 11.0 Å². The zero-order chi connectivity index (χ0) is 21.5. The highest BCUT2D eigenvalue weighted by molar-refractivity contribution is 5.94. The van der Waals surface area contributed by atoms with Crippen LogP contribution in [0, 0.1) is 5.82 Å². The first-order chi connectivity index (χ1) is 14.5. The van der Waals surface area contributed by atoms with Gasteiger partial charge in [-0.05, 0) is 68.5 Å². The molecule has 1 saturated heterocycles. The number of nitrogens with zero attached hydrogens (tertiary/aromatic N) is 1. The van der Waals surface area contributed by atoms with E-state index < -0.39 is 0 Å². The number of likely N-dealkylation sites (tertiary alicyclic amines) is 1. The third-order valence-electron chi connectivity index (χ3n) is 5.42. The predicted molar refractivity (Wildman–Crippen MR) is 113 cm³/mol. The van der Waals surface area contributed by atoms with E-state index in [-0.39, 0.29) is 23.5 Å². The number of hydrogen-bond donors (Lipinski definition) is 0. The molecule has 0 saturated carbocycles. The zero-order valence-corrected chi connectivity index (χ0v) is 17.5. The molecule has 0 N–H and O–H groups in total. The molecular weight excluding hydrogens is 385 g/mol. The summed E-state index contributed by atoms with van der Waals surface area (Å²) in [6.45, 7) is 2.63. The van der Waals surface area contributed by atoms with E-state index in [0.717, 1.165) is 24.9 Å². The van der Waals surface area contributed by atoms with Crippen LogP contribution in [0.25, 0.3) is 0 Å². The normalized spacial score (nSPS) is 15.8. The second kappa shape index (κ2) is 10.2. The number of amides is 1. The summed E-state index contributed by atoms with van der Waals surface area (Å²) < 4.78 is 24.5. The van der Waals surface area contributed by atoms with Crippen LogP contribution in [0.2, 0.25) is 0 Å². The third-order valence-corrected chi connectivity index (χ3v) is 5.42. The number of benzene rings is 2. The fourth-order valence-electron chi connectivity index (χ4n) is 3.87. The summed E-state index contributed by atoms with van der Waals surface area (Å²) >= 11 is 0. The Bertz CT molecular complexity index is 899. The first-order valence-electron chi connectivity index (χ1n) is 10.3. The lowest BCUT2D eigenvalue weighted by molar-refractivity contribution is -0.132. The number of hydrogen-bond acceptors (Lipinski definition) is 4. The second-order valence-corrected chi connectivity index (χ2v) is 7.59. The van der Waals surface area contributed by atoms with Crippen molar-refractivity contribution in [1.29, 1.82) is 0 Å². The van der Waals surface area contributed by atoms with Crippen LogP contribution < -0.4 is 9.47 Å². The van der Waals surface area contributed by atoms with Crippen molar-refractivity contribution in [1.82, 2.24) is 4.90 Å². The number of methoxy groups -OCH3 is 1. The van der Waals surface area contributed by atoms with Crippen LogP contribution in [-0.2, 0) is 11.2 Å². The molecule has 5 nitrogen and oxygen atoms in total. The first-order valence-corrected chi connectivity index (χ1v) is 10.3. The molecule has 2 aromatic carbocycles. The molecule has 1 amide bonds. The van der Waals surface area contributed by atoms with Gasteiger partial charge < -0.3 is 14.4 Å². The van der Waals surface area contributed by atoms with Gasteiger partial charge in [-0.3, -0.25) is 9.59 Å². The summed E-state index contributed by atoms with van der Waals surface area (Å²) in [4.78, 5) is 26.1. The Morgan fingerprint density at radius 2 is 2.00 bits per heavy atom. The SMILES string of the molecule is COc1cc(C(C)=O)ccc1OCCCC(=O)N1CCCC1Cc1cccc(F)c1. The lowest BCUT2D eigenvalue weighted by Gasteiger charge is -2.25. The van der Waals surface area contributed by atoms with Gasteiger partial charge in [-0.15, -0.1) is 0 Å². The summed E-state index contributed by atoms with van der Waals surface area (Å²) in [5, 5.41) is 0. The summed E-state index contributed by atoms with van der Waals surface area (Å²) in [7, 11) is 1.53. The first kappa shape index (κ1) is 21.8. The number of rotatable bonds is 9. The smallest absolute Gasteiger partial charge is 0.222 e. The van der Waals surface area contributed by atoms with Gasteiger partial charge >= 0.3 is 0 Å². The molecule has 1 aliphatic heterocycles. The highest BCUT2D eigenvalue weighted by Crippen LogP contribution is 2.28. The highest BCUT2D eigenvalue weighted by Gasteiger charge is 2.28. The van der Waals surface area contributed by atoms with E-state index in [1.165, 1.54) is 20.1 Å². The fraction of sp³-hybridized carbons (Fsp3) is 0.417. The zero-order valence-electron chi connectivity index (χ0n) is 17.5. The molecule has 1 atom stereocenters. The Balaban J connectivity index is 1.49. The Hall–Kier alpha value is -2.89. The molecule has 2 aromatic rings. The summed E-state index contributed by atoms with van der Waals surface area (Å²) in [5.74, 6) is 0.886. The van der Waals surface area contributed by atoms with Crippen LogP contribution in [0.15, 0.2) is 42.5 Å². The molecule has 30 heavy (non-hydrogen) atoms. The van der Waals surface area contributed by atoms with Crippen molar-refractivity contribution in [3.63, 3.8) is 0 Å². The van der Waals surface area contributed by atoms with Crippen LogP contribution in [-0.4, -0.2) is 42.9 Å². The van der Waals surface area contributed by atoms with E-state index in [2.05, 4.69) is 0 Å². The van der Waals surface area contributed by atoms with Crippen LogP contribution in [0.3, 0.4) is 0 Å². The van der Waals surface area contributed by atoms with E-state index in [9.17, 15) is 14.0 Å². The summed E-state index contributed by atoms with van der Waals surface area (Å²) in [6, 6.07) is 11.8. The summed E-state index contributed by atoms with van der Waals surface area (Å²) in [6.07, 6.45) is 3.58. The molecule has 0 aromatic heterocycles. The maximum Gasteiger partial charge on any atom is 0.222 e. The Labute approximate surface area is 176 Å². The molecule has 0 spiro atoms. The van der Waals surface area contributed by atoms with Crippen LogP contribution in [0.1, 0.15) is 48.5 Å². The van der Waals surface area contributed by atoms with Crippen molar-refractivity contribution in [3.05, 3.63) is 59.4 Å². The van der Waals surface area contributed by atoms with Gasteiger partial charge in [0, 0.05) is 24.6 Å². The lowest BCUT2D eigenvalue weighted by atomic mass is 10.0. The van der Waals surface area contributed by atoms with Gasteiger partial charge in [0.05, 0.1) is 13.7 Å². The van der Waals surface area contributed by atoms with Crippen molar-refractivity contribution in [2.24, 2.45) is 0 Å². The van der Waals surface area contributed by atoms with Gasteiger partial charge in [0.25, 0.3) is 0 Å². The van der Waals surface area contributed by atoms with Crippen molar-refractivity contribution < 1.29 is 23.5 Å². The van der Waals surface area contributed by atoms with Gasteiger partial charge in [-0.1, -0.05) is 12.1 Å². The molecule has 0 radical (unpaired) electrons. The average molecular weight is 413 g/mol. The molecule has 1 unspecified atom stereocenters. The number of ether oxygens (including phenoxy) is 2. The Kier molecular flexibility index (Phi) is 7.44. The predicted octanol–water partition coefficient (Wildman–Crippen LogP) is 4.43. The largest absolute Gasteiger partial charge is 0.493 e. The monoisotopic (exact) mass is 413 g/mol. The number of halogens is 1. The molecule has 3 rings (SSSR count). The number of carbonyl (C=O) groups excluding carboxylic acids is 2. The average Bonchev–Trinajstić information content (AvgIpc) is 3.19. The van der Waals surface area contributed by atoms with Crippen molar-refractivity contribution >= 4 is 11.7 Å². The van der Waals surface area contributed by atoms with Gasteiger partial charge in [0.1, 0.15) is 5.82 Å². The molecule has 0 bridgehead atoms. The fourth-order valence-corrected chi connectivity index (χ4v) is 3.87. The quantitative estimate of drug-likeness (QED) is 0.451. The van der Waals surface area contributed by atoms with Gasteiger partial charge in [0.15, 0.2) is 17.3 Å². The van der Waals surface area contributed by atoms with E-state index in [0.29, 0.717) is 42.9 Å². The third kappa shape index (κ3) is 5.59.